The van der Waals surface area contributed by atoms with Crippen LogP contribution in [0.25, 0.3) is 0 Å². The molecule has 0 amide bonds. The number of rotatable bonds is 4. The first-order valence-electron chi connectivity index (χ1n) is 5.60. The third kappa shape index (κ3) is 5.47. The minimum Gasteiger partial charge on any atom is -0.310 e. The Morgan fingerprint density at radius 1 is 1.25 bits per heavy atom. The Labute approximate surface area is 102 Å². The van der Waals surface area contributed by atoms with Crippen LogP contribution in [0.3, 0.4) is 0 Å². The third-order valence-corrected chi connectivity index (χ3v) is 2.80. The zero-order chi connectivity index (χ0) is 12.2. The normalized spacial score (nSPS) is 12.1. The summed E-state index contributed by atoms with van der Waals surface area (Å²) in [6, 6.07) is 0.489. The Morgan fingerprint density at radius 2 is 1.81 bits per heavy atom. The highest BCUT2D eigenvalue weighted by Gasteiger charge is 2.13. The second kappa shape index (κ2) is 5.64. The molecule has 0 saturated carbocycles. The van der Waals surface area contributed by atoms with Gasteiger partial charge in [0.05, 0.1) is 0 Å². The van der Waals surface area contributed by atoms with E-state index in [9.17, 15) is 0 Å². The lowest BCUT2D eigenvalue weighted by Crippen LogP contribution is -2.22. The van der Waals surface area contributed by atoms with Crippen molar-refractivity contribution in [3.63, 3.8) is 0 Å². The van der Waals surface area contributed by atoms with Crippen molar-refractivity contribution in [3.8, 4) is 0 Å². The summed E-state index contributed by atoms with van der Waals surface area (Å²) in [5.74, 6) is 0. The number of aromatic nitrogens is 2. The molecule has 0 atom stereocenters. The summed E-state index contributed by atoms with van der Waals surface area (Å²) in [5.41, 5.74) is 1.13. The van der Waals surface area contributed by atoms with Crippen molar-refractivity contribution in [2.45, 2.75) is 57.1 Å². The lowest BCUT2D eigenvalue weighted by atomic mass is 10.3. The molecule has 90 valence electrons. The van der Waals surface area contributed by atoms with Crippen molar-refractivity contribution in [1.29, 1.82) is 0 Å². The summed E-state index contributed by atoms with van der Waals surface area (Å²) in [6.45, 7) is 11.6. The van der Waals surface area contributed by atoms with Gasteiger partial charge >= 0.3 is 0 Å². The lowest BCUT2D eigenvalue weighted by molar-refractivity contribution is 0.585. The van der Waals surface area contributed by atoms with Gasteiger partial charge in [-0.2, -0.15) is 0 Å². The average Bonchev–Trinajstić information content (AvgIpc) is 2.14. The van der Waals surface area contributed by atoms with Gasteiger partial charge < -0.3 is 5.32 Å². The van der Waals surface area contributed by atoms with Gasteiger partial charge in [-0.3, -0.25) is 0 Å². The summed E-state index contributed by atoms with van der Waals surface area (Å²) in [5, 5.41) is 4.19. The number of nitrogens with zero attached hydrogens (tertiary/aromatic N) is 2. The van der Waals surface area contributed by atoms with E-state index in [-0.39, 0.29) is 4.75 Å². The molecule has 0 saturated heterocycles. The fourth-order valence-corrected chi connectivity index (χ4v) is 1.84. The van der Waals surface area contributed by atoms with E-state index in [1.54, 1.807) is 11.8 Å². The van der Waals surface area contributed by atoms with E-state index in [0.29, 0.717) is 6.04 Å². The first-order chi connectivity index (χ1) is 7.37. The first kappa shape index (κ1) is 13.5. The highest BCUT2D eigenvalue weighted by Crippen LogP contribution is 2.28. The number of hydrogen-bond donors (Lipinski definition) is 1. The maximum Gasteiger partial charge on any atom is 0.187 e. The van der Waals surface area contributed by atoms with Gasteiger partial charge in [0.2, 0.25) is 0 Å². The van der Waals surface area contributed by atoms with Crippen LogP contribution in [0.4, 0.5) is 0 Å². The molecule has 4 heteroatoms. The minimum atomic E-state index is 0.164. The largest absolute Gasteiger partial charge is 0.310 e. The van der Waals surface area contributed by atoms with E-state index in [1.165, 1.54) is 0 Å². The summed E-state index contributed by atoms with van der Waals surface area (Å²) in [6.07, 6.45) is 3.80. The fraction of sp³-hybridized carbons (Fsp3) is 0.667. The highest BCUT2D eigenvalue weighted by molar-refractivity contribution is 8.00. The second-order valence-electron chi connectivity index (χ2n) is 5.12. The summed E-state index contributed by atoms with van der Waals surface area (Å²) in [7, 11) is 0. The molecule has 0 unspecified atom stereocenters. The Hall–Kier alpha value is -0.610. The predicted octanol–water partition coefficient (Wildman–Crippen LogP) is 2.87. The maximum absolute atomic E-state index is 4.35. The van der Waals surface area contributed by atoms with Crippen LogP contribution in [0, 0.1) is 0 Å². The minimum absolute atomic E-state index is 0.164. The average molecular weight is 239 g/mol. The van der Waals surface area contributed by atoms with E-state index >= 15 is 0 Å². The zero-order valence-corrected chi connectivity index (χ0v) is 11.6. The van der Waals surface area contributed by atoms with Crippen molar-refractivity contribution >= 4 is 11.8 Å². The molecule has 16 heavy (non-hydrogen) atoms. The quantitative estimate of drug-likeness (QED) is 0.647. The van der Waals surface area contributed by atoms with Crippen molar-refractivity contribution in [2.24, 2.45) is 0 Å². The third-order valence-electron chi connectivity index (χ3n) is 1.79. The van der Waals surface area contributed by atoms with Gasteiger partial charge in [0.25, 0.3) is 0 Å². The molecule has 0 radical (unpaired) electrons. The fourth-order valence-electron chi connectivity index (χ4n) is 1.08. The molecule has 0 spiro atoms. The van der Waals surface area contributed by atoms with E-state index in [0.717, 1.165) is 17.3 Å². The maximum atomic E-state index is 4.35. The van der Waals surface area contributed by atoms with Crippen LogP contribution in [-0.4, -0.2) is 20.8 Å². The van der Waals surface area contributed by atoms with Gasteiger partial charge in [0.15, 0.2) is 5.16 Å². The van der Waals surface area contributed by atoms with Crippen LogP contribution < -0.4 is 5.32 Å². The molecule has 0 fully saturated rings. The Kier molecular flexibility index (Phi) is 4.74. The lowest BCUT2D eigenvalue weighted by Gasteiger charge is -2.15. The standard InChI is InChI=1S/C12H21N3S/c1-9(2)13-6-10-7-14-11(15-8-10)16-12(3,4)5/h7-9,13H,6H2,1-5H3. The number of nitrogens with one attached hydrogen (secondary N) is 1. The number of hydrogen-bond acceptors (Lipinski definition) is 4. The second-order valence-corrected chi connectivity index (χ2v) is 6.92. The monoisotopic (exact) mass is 239 g/mol. The summed E-state index contributed by atoms with van der Waals surface area (Å²) < 4.78 is 0.164. The molecule has 0 bridgehead atoms. The van der Waals surface area contributed by atoms with Gasteiger partial charge in [-0.1, -0.05) is 46.4 Å². The van der Waals surface area contributed by atoms with Crippen LogP contribution in [-0.2, 0) is 6.54 Å². The highest BCUT2D eigenvalue weighted by atomic mass is 32.2. The van der Waals surface area contributed by atoms with E-state index in [4.69, 9.17) is 0 Å². The van der Waals surface area contributed by atoms with Gasteiger partial charge in [-0.15, -0.1) is 0 Å². The molecule has 1 aromatic heterocycles. The van der Waals surface area contributed by atoms with Crippen molar-refractivity contribution in [3.05, 3.63) is 18.0 Å². The van der Waals surface area contributed by atoms with Crippen LogP contribution in [0.15, 0.2) is 17.6 Å². The SMILES string of the molecule is CC(C)NCc1cnc(SC(C)(C)C)nc1. The molecule has 1 N–H and O–H groups in total. The summed E-state index contributed by atoms with van der Waals surface area (Å²) in [4.78, 5) is 8.71. The zero-order valence-electron chi connectivity index (χ0n) is 10.7. The Balaban J connectivity index is 2.54. The van der Waals surface area contributed by atoms with E-state index < -0.39 is 0 Å². The van der Waals surface area contributed by atoms with Crippen LogP contribution in [0.2, 0.25) is 0 Å². The Morgan fingerprint density at radius 3 is 2.25 bits per heavy atom. The first-order valence-corrected chi connectivity index (χ1v) is 6.42. The van der Waals surface area contributed by atoms with Crippen molar-refractivity contribution in [1.82, 2.24) is 15.3 Å². The molecule has 3 nitrogen and oxygen atoms in total. The van der Waals surface area contributed by atoms with Crippen molar-refractivity contribution < 1.29 is 0 Å². The smallest absolute Gasteiger partial charge is 0.187 e. The molecule has 0 aromatic carbocycles. The predicted molar refractivity (Wildman–Crippen MR) is 69.6 cm³/mol. The topological polar surface area (TPSA) is 37.8 Å². The molecular weight excluding hydrogens is 218 g/mol. The molecule has 0 aliphatic carbocycles. The molecular formula is C12H21N3S. The number of thioether (sulfide) groups is 1. The van der Waals surface area contributed by atoms with Crippen molar-refractivity contribution in [2.75, 3.05) is 0 Å². The van der Waals surface area contributed by atoms with Gasteiger partial charge in [-0.25, -0.2) is 9.97 Å². The van der Waals surface area contributed by atoms with Crippen LogP contribution in [0.1, 0.15) is 40.2 Å². The molecule has 1 aromatic rings. The van der Waals surface area contributed by atoms with Gasteiger partial charge in [0, 0.05) is 35.3 Å². The van der Waals surface area contributed by atoms with E-state index in [1.807, 2.05) is 12.4 Å². The molecule has 1 rings (SSSR count). The summed E-state index contributed by atoms with van der Waals surface area (Å²) >= 11 is 1.69. The molecule has 1 heterocycles. The molecule has 0 aliphatic rings. The molecule has 0 aliphatic heterocycles. The van der Waals surface area contributed by atoms with Crippen LogP contribution in [0.5, 0.6) is 0 Å². The Bertz CT molecular complexity index is 314. The van der Waals surface area contributed by atoms with E-state index in [2.05, 4.69) is 49.9 Å². The van der Waals surface area contributed by atoms with Crippen LogP contribution >= 0.6 is 11.8 Å². The van der Waals surface area contributed by atoms with Gasteiger partial charge in [-0.05, 0) is 0 Å². The van der Waals surface area contributed by atoms with Gasteiger partial charge in [0.1, 0.15) is 0 Å².